The Morgan fingerprint density at radius 3 is 2.83 bits per heavy atom. The molecule has 1 aliphatic heterocycles. The molecule has 1 saturated heterocycles. The van der Waals surface area contributed by atoms with Crippen LogP contribution in [0.4, 0.5) is 5.69 Å². The number of likely N-dealkylation sites (tertiary alicyclic amines) is 1. The summed E-state index contributed by atoms with van der Waals surface area (Å²) in [5.74, 6) is 1.28. The lowest BCUT2D eigenvalue weighted by Crippen LogP contribution is -2.34. The van der Waals surface area contributed by atoms with Crippen molar-refractivity contribution in [2.45, 2.75) is 30.0 Å². The zero-order valence-electron chi connectivity index (χ0n) is 22.1. The number of aromatic nitrogens is 4. The van der Waals surface area contributed by atoms with Crippen molar-refractivity contribution in [3.05, 3.63) is 77.1 Å². The highest BCUT2D eigenvalue weighted by molar-refractivity contribution is 7.94. The van der Waals surface area contributed by atoms with Gasteiger partial charge in [-0.15, -0.1) is 22.7 Å². The van der Waals surface area contributed by atoms with Crippen LogP contribution in [0.25, 0.3) is 21.6 Å². The van der Waals surface area contributed by atoms with Crippen LogP contribution in [0.3, 0.4) is 0 Å². The summed E-state index contributed by atoms with van der Waals surface area (Å²) in [5, 5.41) is 3.58. The molecule has 12 heteroatoms. The van der Waals surface area contributed by atoms with Crippen molar-refractivity contribution in [2.75, 3.05) is 37.2 Å². The van der Waals surface area contributed by atoms with Crippen LogP contribution >= 0.6 is 22.7 Å². The predicted octanol–water partition coefficient (Wildman–Crippen LogP) is 5.36. The van der Waals surface area contributed by atoms with Crippen molar-refractivity contribution in [3.63, 3.8) is 0 Å². The van der Waals surface area contributed by atoms with E-state index >= 15 is 0 Å². The van der Waals surface area contributed by atoms with E-state index in [1.165, 1.54) is 20.5 Å². The maximum absolute atomic E-state index is 13.6. The van der Waals surface area contributed by atoms with Crippen LogP contribution in [0.5, 0.6) is 0 Å². The van der Waals surface area contributed by atoms with Gasteiger partial charge in [-0.2, -0.15) is 0 Å². The maximum atomic E-state index is 13.6. The number of anilines is 1. The number of nitrogens with one attached hydrogen (secondary N) is 1. The molecule has 0 spiro atoms. The molecule has 5 heterocycles. The lowest BCUT2D eigenvalue weighted by molar-refractivity contribution is 0.156. The highest BCUT2D eigenvalue weighted by Crippen LogP contribution is 2.36. The van der Waals surface area contributed by atoms with Gasteiger partial charge < -0.3 is 9.72 Å². The zero-order chi connectivity index (χ0) is 27.5. The van der Waals surface area contributed by atoms with E-state index in [1.54, 1.807) is 28.8 Å². The monoisotopic (exact) mass is 594 g/mol. The summed E-state index contributed by atoms with van der Waals surface area (Å²) in [5.41, 5.74) is 2.23. The number of benzene rings is 1. The Balaban J connectivity index is 1.24. The molecule has 1 fully saturated rings. The first-order valence-electron chi connectivity index (χ1n) is 13.2. The van der Waals surface area contributed by atoms with E-state index < -0.39 is 10.0 Å². The largest absolute Gasteiger partial charge is 0.380 e. The second-order valence-corrected chi connectivity index (χ2v) is 13.7. The Labute approximate surface area is 241 Å². The average Bonchev–Trinajstić information content (AvgIpc) is 3.78. The van der Waals surface area contributed by atoms with Crippen molar-refractivity contribution in [1.82, 2.24) is 24.8 Å². The Morgan fingerprint density at radius 2 is 2.02 bits per heavy atom. The molecule has 0 radical (unpaired) electrons. The van der Waals surface area contributed by atoms with Gasteiger partial charge in [0.05, 0.1) is 30.0 Å². The number of nitrogens with zero attached hydrogens (tertiary/aromatic N) is 5. The number of rotatable bonds is 11. The van der Waals surface area contributed by atoms with Crippen molar-refractivity contribution >= 4 is 49.3 Å². The Morgan fingerprint density at radius 1 is 1.15 bits per heavy atom. The average molecular weight is 595 g/mol. The minimum atomic E-state index is -3.75. The van der Waals surface area contributed by atoms with Crippen LogP contribution < -0.4 is 4.31 Å². The van der Waals surface area contributed by atoms with Crippen LogP contribution in [0, 0.1) is 0 Å². The van der Waals surface area contributed by atoms with Gasteiger partial charge in [0.15, 0.2) is 0 Å². The lowest BCUT2D eigenvalue weighted by Gasteiger charge is -2.24. The molecule has 6 rings (SSSR count). The van der Waals surface area contributed by atoms with Gasteiger partial charge in [-0.05, 0) is 49.5 Å². The van der Waals surface area contributed by atoms with E-state index in [0.29, 0.717) is 29.0 Å². The summed E-state index contributed by atoms with van der Waals surface area (Å²) in [6, 6.07) is 13.0. The van der Waals surface area contributed by atoms with Gasteiger partial charge in [-0.3, -0.25) is 9.21 Å². The molecule has 1 unspecified atom stereocenters. The summed E-state index contributed by atoms with van der Waals surface area (Å²) < 4.78 is 34.6. The van der Waals surface area contributed by atoms with Gasteiger partial charge in [-0.25, -0.2) is 23.4 Å². The van der Waals surface area contributed by atoms with Gasteiger partial charge in [0.25, 0.3) is 10.0 Å². The molecule has 0 aliphatic carbocycles. The number of hydrogen-bond acceptors (Lipinski definition) is 9. The van der Waals surface area contributed by atoms with Crippen molar-refractivity contribution in [3.8, 4) is 10.7 Å². The molecular formula is C28H30N6O3S3. The standard InChI is InChI=1S/C28H30N6O3S3/c1-2-37-14-13-34(40(35,36)25-8-4-15-38-25)24-7-3-6-20-16-23(32-26(20)24)28-31-17-22(39-28)19-33-12-9-21(18-33)27-29-10-5-11-30-27/h3-8,10-11,15-17,21,32H,2,9,12-14,18-19H2,1H3. The van der Waals surface area contributed by atoms with Crippen LogP contribution in [0.1, 0.15) is 30.0 Å². The van der Waals surface area contributed by atoms with Crippen LogP contribution in [0.15, 0.2) is 70.6 Å². The zero-order valence-corrected chi connectivity index (χ0v) is 24.5. The van der Waals surface area contributed by atoms with Gasteiger partial charge >= 0.3 is 0 Å². The third-order valence-corrected chi connectivity index (χ3v) is 11.2. The summed E-state index contributed by atoms with van der Waals surface area (Å²) in [4.78, 5) is 20.7. The number of aromatic amines is 1. The molecule has 0 saturated carbocycles. The summed E-state index contributed by atoms with van der Waals surface area (Å²) in [6.45, 7) is 5.71. The van der Waals surface area contributed by atoms with Crippen LogP contribution in [0.2, 0.25) is 0 Å². The molecule has 9 nitrogen and oxygen atoms in total. The number of fused-ring (bicyclic) bond motifs is 1. The van der Waals surface area contributed by atoms with Gasteiger partial charge in [0.1, 0.15) is 15.0 Å². The fourth-order valence-corrected chi connectivity index (χ4v) is 8.57. The minimum Gasteiger partial charge on any atom is -0.380 e. The molecule has 208 valence electrons. The van der Waals surface area contributed by atoms with Crippen molar-refractivity contribution < 1.29 is 13.2 Å². The summed E-state index contributed by atoms with van der Waals surface area (Å²) >= 11 is 2.87. The summed E-state index contributed by atoms with van der Waals surface area (Å²) in [7, 11) is -3.75. The van der Waals surface area contributed by atoms with E-state index in [0.717, 1.165) is 53.5 Å². The van der Waals surface area contributed by atoms with E-state index in [2.05, 4.69) is 19.9 Å². The maximum Gasteiger partial charge on any atom is 0.273 e. The number of ether oxygens (including phenoxy) is 1. The molecule has 1 N–H and O–H groups in total. The Kier molecular flexibility index (Phi) is 7.94. The molecule has 0 bridgehead atoms. The third-order valence-electron chi connectivity index (χ3n) is 6.97. The SMILES string of the molecule is CCOCCN(c1cccc2cc(-c3ncc(CN4CCC(c5ncccn5)C4)s3)[nH]c12)S(=O)(=O)c1cccs1. The van der Waals surface area contributed by atoms with Crippen molar-refractivity contribution in [1.29, 1.82) is 0 Å². The molecule has 4 aromatic heterocycles. The van der Waals surface area contributed by atoms with Gasteiger partial charge in [0, 0.05) is 54.5 Å². The first-order valence-corrected chi connectivity index (χ1v) is 16.4. The van der Waals surface area contributed by atoms with Gasteiger partial charge in [-0.1, -0.05) is 18.2 Å². The molecule has 5 aromatic rings. The third kappa shape index (κ3) is 5.54. The van der Waals surface area contributed by atoms with E-state index in [-0.39, 0.29) is 6.54 Å². The van der Waals surface area contributed by atoms with E-state index in [1.807, 2.05) is 55.8 Å². The number of sulfonamides is 1. The second kappa shape index (κ2) is 11.8. The second-order valence-electron chi connectivity index (χ2n) is 9.59. The van der Waals surface area contributed by atoms with Crippen LogP contribution in [-0.2, 0) is 21.3 Å². The smallest absolute Gasteiger partial charge is 0.273 e. The fraction of sp³-hybridized carbons (Fsp3) is 0.321. The number of thiophene rings is 1. The molecule has 1 atom stereocenters. The van der Waals surface area contributed by atoms with E-state index in [9.17, 15) is 8.42 Å². The Hall–Kier alpha value is -3.16. The predicted molar refractivity (Wildman–Crippen MR) is 159 cm³/mol. The quantitative estimate of drug-likeness (QED) is 0.205. The highest BCUT2D eigenvalue weighted by Gasteiger charge is 2.28. The Bertz CT molecular complexity index is 1670. The first-order chi connectivity index (χ1) is 19.5. The minimum absolute atomic E-state index is 0.216. The number of para-hydroxylation sites is 1. The van der Waals surface area contributed by atoms with Crippen molar-refractivity contribution in [2.24, 2.45) is 0 Å². The normalized spacial score (nSPS) is 16.2. The fourth-order valence-electron chi connectivity index (χ4n) is 5.08. The first kappa shape index (κ1) is 27.0. The molecule has 40 heavy (non-hydrogen) atoms. The topological polar surface area (TPSA) is 104 Å². The van der Waals surface area contributed by atoms with E-state index in [4.69, 9.17) is 9.72 Å². The highest BCUT2D eigenvalue weighted by atomic mass is 32.2. The number of H-pyrrole nitrogens is 1. The summed E-state index contributed by atoms with van der Waals surface area (Å²) in [6.07, 6.45) is 6.60. The molecular weight excluding hydrogens is 565 g/mol. The molecule has 0 amide bonds. The number of thiazole rings is 1. The molecule has 1 aromatic carbocycles. The lowest BCUT2D eigenvalue weighted by atomic mass is 10.1. The number of hydrogen-bond donors (Lipinski definition) is 1. The van der Waals surface area contributed by atoms with Gasteiger partial charge in [0.2, 0.25) is 0 Å². The van der Waals surface area contributed by atoms with Crippen LogP contribution in [-0.4, -0.2) is 66.1 Å². The molecule has 1 aliphatic rings.